The van der Waals surface area contributed by atoms with Crippen molar-refractivity contribution in [3.63, 3.8) is 0 Å². The molecule has 1 amide bonds. The minimum Gasteiger partial charge on any atom is -0.361 e. The molecule has 25 heavy (non-hydrogen) atoms. The Morgan fingerprint density at radius 1 is 1.08 bits per heavy atom. The van der Waals surface area contributed by atoms with Gasteiger partial charge >= 0.3 is 0 Å². The monoisotopic (exact) mass is 334 g/mol. The highest BCUT2D eigenvalue weighted by molar-refractivity contribution is 5.86. The van der Waals surface area contributed by atoms with E-state index in [-0.39, 0.29) is 17.9 Å². The number of para-hydroxylation sites is 1. The van der Waals surface area contributed by atoms with E-state index in [0.717, 1.165) is 16.6 Å². The molecule has 3 aromatic rings. The van der Waals surface area contributed by atoms with Crippen LogP contribution in [0.1, 0.15) is 43.5 Å². The van der Waals surface area contributed by atoms with Gasteiger partial charge in [-0.25, -0.2) is 0 Å². The first-order chi connectivity index (χ1) is 12.0. The van der Waals surface area contributed by atoms with E-state index in [1.807, 2.05) is 37.1 Å². The zero-order valence-corrected chi connectivity index (χ0v) is 15.4. The number of carbonyl (C=O) groups excluding carboxylic acids is 1. The summed E-state index contributed by atoms with van der Waals surface area (Å²) < 4.78 is 0. The van der Waals surface area contributed by atoms with Crippen LogP contribution in [0.5, 0.6) is 0 Å². The number of H-pyrrole nitrogens is 1. The summed E-state index contributed by atoms with van der Waals surface area (Å²) in [5.41, 5.74) is 4.61. The van der Waals surface area contributed by atoms with Crippen LogP contribution in [0.3, 0.4) is 0 Å². The number of rotatable bonds is 5. The minimum absolute atomic E-state index is 0.0295. The zero-order chi connectivity index (χ0) is 18.0. The van der Waals surface area contributed by atoms with Crippen molar-refractivity contribution >= 4 is 16.8 Å². The second kappa shape index (κ2) is 7.14. The Kier molecular flexibility index (Phi) is 4.93. The number of benzene rings is 2. The maximum atomic E-state index is 12.9. The quantitative estimate of drug-likeness (QED) is 0.695. The van der Waals surface area contributed by atoms with Gasteiger partial charge in [0.15, 0.2) is 0 Å². The lowest BCUT2D eigenvalue weighted by atomic mass is 9.94. The molecule has 0 aliphatic heterocycles. The number of aryl methyl sites for hydroxylation is 1. The smallest absolute Gasteiger partial charge is 0.225 e. The molecule has 1 atom stereocenters. The van der Waals surface area contributed by atoms with Crippen molar-refractivity contribution in [3.05, 3.63) is 71.4 Å². The van der Waals surface area contributed by atoms with Crippen molar-refractivity contribution in [2.24, 2.45) is 5.92 Å². The number of fused-ring (bicyclic) bond motifs is 1. The number of nitrogens with zero attached hydrogens (tertiary/aromatic N) is 1. The normalized spacial score (nSPS) is 12.5. The fraction of sp³-hybridized carbons (Fsp3) is 0.318. The largest absolute Gasteiger partial charge is 0.361 e. The summed E-state index contributed by atoms with van der Waals surface area (Å²) in [7, 11) is 0. The number of nitrogens with one attached hydrogen (secondary N) is 1. The predicted molar refractivity (Wildman–Crippen MR) is 104 cm³/mol. The first-order valence-electron chi connectivity index (χ1n) is 8.96. The Morgan fingerprint density at radius 3 is 2.40 bits per heavy atom. The van der Waals surface area contributed by atoms with Gasteiger partial charge in [-0.3, -0.25) is 4.79 Å². The maximum absolute atomic E-state index is 12.9. The number of amides is 1. The zero-order valence-electron chi connectivity index (χ0n) is 15.4. The van der Waals surface area contributed by atoms with Crippen LogP contribution in [0.4, 0.5) is 0 Å². The molecule has 0 saturated heterocycles. The highest BCUT2D eigenvalue weighted by Gasteiger charge is 2.28. The number of hydrogen-bond donors (Lipinski definition) is 1. The molecule has 130 valence electrons. The molecule has 0 aliphatic carbocycles. The van der Waals surface area contributed by atoms with Gasteiger partial charge in [-0.2, -0.15) is 0 Å². The summed E-state index contributed by atoms with van der Waals surface area (Å²) in [5.74, 6) is 0.150. The Bertz CT molecular complexity index is 861. The van der Waals surface area contributed by atoms with Gasteiger partial charge in [-0.1, -0.05) is 61.9 Å². The van der Waals surface area contributed by atoms with E-state index in [4.69, 9.17) is 0 Å². The Hall–Kier alpha value is -2.55. The molecule has 0 bridgehead atoms. The van der Waals surface area contributed by atoms with Crippen LogP contribution in [0, 0.1) is 12.8 Å². The fourth-order valence-electron chi connectivity index (χ4n) is 3.39. The summed E-state index contributed by atoms with van der Waals surface area (Å²) in [6.07, 6.45) is 2.05. The van der Waals surface area contributed by atoms with Crippen molar-refractivity contribution < 1.29 is 4.79 Å². The standard InChI is InChI=1S/C22H26N2O/c1-5-24(22(25)15(2)3)21(17-12-10-16(4)11-13-17)19-14-23-20-9-7-6-8-18(19)20/h6-15,21,23H,5H2,1-4H3/t21-/m0/s1. The third kappa shape index (κ3) is 3.32. The van der Waals surface area contributed by atoms with E-state index >= 15 is 0 Å². The van der Waals surface area contributed by atoms with Crippen molar-refractivity contribution in [2.45, 2.75) is 33.7 Å². The molecular weight excluding hydrogens is 308 g/mol. The van der Waals surface area contributed by atoms with Gasteiger partial charge in [-0.05, 0) is 25.5 Å². The average Bonchev–Trinajstić information content (AvgIpc) is 3.03. The van der Waals surface area contributed by atoms with Gasteiger partial charge in [0.2, 0.25) is 5.91 Å². The van der Waals surface area contributed by atoms with Gasteiger partial charge in [0.25, 0.3) is 0 Å². The molecule has 3 heteroatoms. The number of hydrogen-bond acceptors (Lipinski definition) is 1. The summed E-state index contributed by atoms with van der Waals surface area (Å²) in [6, 6.07) is 16.7. The van der Waals surface area contributed by atoms with E-state index in [1.54, 1.807) is 0 Å². The molecule has 1 heterocycles. The SMILES string of the molecule is CCN(C(=O)C(C)C)[C@@H](c1ccc(C)cc1)c1c[nH]c2ccccc12. The van der Waals surface area contributed by atoms with Crippen LogP contribution in [-0.4, -0.2) is 22.3 Å². The third-order valence-corrected chi connectivity index (χ3v) is 4.74. The molecule has 0 radical (unpaired) electrons. The van der Waals surface area contributed by atoms with Crippen LogP contribution >= 0.6 is 0 Å². The van der Waals surface area contributed by atoms with Gasteiger partial charge < -0.3 is 9.88 Å². The Balaban J connectivity index is 2.17. The summed E-state index contributed by atoms with van der Waals surface area (Å²) in [5, 5.41) is 1.17. The number of aromatic nitrogens is 1. The second-order valence-corrected chi connectivity index (χ2v) is 6.88. The van der Waals surface area contributed by atoms with E-state index in [1.165, 1.54) is 10.9 Å². The lowest BCUT2D eigenvalue weighted by Gasteiger charge is -2.33. The first kappa shape index (κ1) is 17.3. The maximum Gasteiger partial charge on any atom is 0.225 e. The first-order valence-corrected chi connectivity index (χ1v) is 8.96. The molecule has 1 N–H and O–H groups in total. The van der Waals surface area contributed by atoms with E-state index in [0.29, 0.717) is 6.54 Å². The van der Waals surface area contributed by atoms with Crippen LogP contribution in [0.2, 0.25) is 0 Å². The molecule has 0 spiro atoms. The van der Waals surface area contributed by atoms with E-state index in [9.17, 15) is 4.79 Å². The molecular formula is C22H26N2O. The molecule has 2 aromatic carbocycles. The number of carbonyl (C=O) groups is 1. The third-order valence-electron chi connectivity index (χ3n) is 4.74. The highest BCUT2D eigenvalue weighted by atomic mass is 16.2. The summed E-state index contributed by atoms with van der Waals surface area (Å²) in [6.45, 7) is 8.74. The second-order valence-electron chi connectivity index (χ2n) is 6.88. The molecule has 0 fully saturated rings. The highest BCUT2D eigenvalue weighted by Crippen LogP contribution is 2.34. The Labute approximate surface area is 149 Å². The molecule has 0 aliphatic rings. The van der Waals surface area contributed by atoms with E-state index < -0.39 is 0 Å². The summed E-state index contributed by atoms with van der Waals surface area (Å²) in [4.78, 5) is 18.3. The molecule has 0 unspecified atom stereocenters. The molecule has 3 nitrogen and oxygen atoms in total. The van der Waals surface area contributed by atoms with Crippen LogP contribution < -0.4 is 0 Å². The van der Waals surface area contributed by atoms with Gasteiger partial charge in [0, 0.05) is 35.1 Å². The lowest BCUT2D eigenvalue weighted by Crippen LogP contribution is -2.38. The van der Waals surface area contributed by atoms with E-state index in [2.05, 4.69) is 55.2 Å². The number of aromatic amines is 1. The molecule has 1 aromatic heterocycles. The predicted octanol–water partition coefficient (Wildman–Crippen LogP) is 5.07. The van der Waals surface area contributed by atoms with Gasteiger partial charge in [-0.15, -0.1) is 0 Å². The van der Waals surface area contributed by atoms with Crippen LogP contribution in [0.25, 0.3) is 10.9 Å². The molecule has 3 rings (SSSR count). The van der Waals surface area contributed by atoms with Crippen molar-refractivity contribution in [1.29, 1.82) is 0 Å². The lowest BCUT2D eigenvalue weighted by molar-refractivity contribution is -0.135. The van der Waals surface area contributed by atoms with Crippen LogP contribution in [0.15, 0.2) is 54.7 Å². The van der Waals surface area contributed by atoms with Gasteiger partial charge in [0.1, 0.15) is 0 Å². The van der Waals surface area contributed by atoms with Crippen LogP contribution in [-0.2, 0) is 4.79 Å². The van der Waals surface area contributed by atoms with Crippen molar-refractivity contribution in [1.82, 2.24) is 9.88 Å². The molecule has 0 saturated carbocycles. The van der Waals surface area contributed by atoms with Gasteiger partial charge in [0.05, 0.1) is 6.04 Å². The van der Waals surface area contributed by atoms with Crippen molar-refractivity contribution in [2.75, 3.05) is 6.54 Å². The summed E-state index contributed by atoms with van der Waals surface area (Å²) >= 11 is 0. The Morgan fingerprint density at radius 2 is 1.76 bits per heavy atom. The fourth-order valence-corrected chi connectivity index (χ4v) is 3.39. The minimum atomic E-state index is -0.0864. The average molecular weight is 334 g/mol. The van der Waals surface area contributed by atoms with Crippen molar-refractivity contribution in [3.8, 4) is 0 Å². The topological polar surface area (TPSA) is 36.1 Å².